The van der Waals surface area contributed by atoms with Gasteiger partial charge in [0, 0.05) is 12.6 Å². The summed E-state index contributed by atoms with van der Waals surface area (Å²) in [5.74, 6) is -0.634. The summed E-state index contributed by atoms with van der Waals surface area (Å²) in [6, 6.07) is 10.4. The van der Waals surface area contributed by atoms with Crippen LogP contribution in [0.2, 0.25) is 0 Å². The van der Waals surface area contributed by atoms with Gasteiger partial charge in [0.25, 0.3) is 0 Å². The van der Waals surface area contributed by atoms with Gasteiger partial charge in [-0.2, -0.15) is 5.26 Å². The summed E-state index contributed by atoms with van der Waals surface area (Å²) in [7, 11) is 0. The summed E-state index contributed by atoms with van der Waals surface area (Å²) in [5.41, 5.74) is 2.26. The molecule has 2 rings (SSSR count). The molecule has 0 heterocycles. The van der Waals surface area contributed by atoms with Gasteiger partial charge in [-0.25, -0.2) is 0 Å². The number of carbonyl (C=O) groups is 2. The lowest BCUT2D eigenvalue weighted by Crippen LogP contribution is -2.07. The zero-order valence-corrected chi connectivity index (χ0v) is 16.8. The molecule has 0 spiro atoms. The van der Waals surface area contributed by atoms with Crippen molar-refractivity contribution in [2.24, 2.45) is 0 Å². The average molecular weight is 482 g/mol. The molecule has 0 aromatic heterocycles. The Bertz CT molecular complexity index is 884. The van der Waals surface area contributed by atoms with Crippen molar-refractivity contribution in [3.63, 3.8) is 0 Å². The first kappa shape index (κ1) is 19.9. The number of amides is 1. The number of nitrogens with one attached hydrogen (secondary N) is 1. The topological polar surface area (TPSA) is 99.4 Å². The number of nitriles is 1. The number of aliphatic carboxylic acids is 1. The van der Waals surface area contributed by atoms with E-state index in [4.69, 9.17) is 15.1 Å². The van der Waals surface area contributed by atoms with Crippen LogP contribution in [0.4, 0.5) is 5.69 Å². The number of hydrogen-bond donors (Lipinski definition) is 2. The number of hydrogen-bond acceptors (Lipinski definition) is 4. The molecular formula is C18H14Br2N2O4. The lowest BCUT2D eigenvalue weighted by molar-refractivity contribution is -0.136. The molecule has 6 nitrogen and oxygen atoms in total. The first-order valence-corrected chi connectivity index (χ1v) is 9.01. The monoisotopic (exact) mass is 480 g/mol. The molecule has 2 aromatic carbocycles. The maximum Gasteiger partial charge on any atom is 0.307 e. The molecule has 134 valence electrons. The van der Waals surface area contributed by atoms with Crippen LogP contribution in [0.15, 0.2) is 39.3 Å². The zero-order valence-electron chi connectivity index (χ0n) is 13.7. The molecule has 0 fully saturated rings. The molecule has 0 aliphatic heterocycles. The largest absolute Gasteiger partial charge is 0.487 e. The van der Waals surface area contributed by atoms with Crippen molar-refractivity contribution in [3.05, 3.63) is 56.0 Å². The number of benzene rings is 2. The van der Waals surface area contributed by atoms with Gasteiger partial charge in [-0.15, -0.1) is 0 Å². The van der Waals surface area contributed by atoms with Crippen LogP contribution in [0.25, 0.3) is 0 Å². The van der Waals surface area contributed by atoms with E-state index in [1.54, 1.807) is 30.3 Å². The van der Waals surface area contributed by atoms with Crippen LogP contribution in [0.3, 0.4) is 0 Å². The fourth-order valence-corrected chi connectivity index (χ4v) is 3.81. The first-order chi connectivity index (χ1) is 12.3. The number of carboxylic acid groups (broad SMARTS) is 1. The second-order valence-electron chi connectivity index (χ2n) is 5.46. The van der Waals surface area contributed by atoms with Crippen molar-refractivity contribution in [3.8, 4) is 11.8 Å². The average Bonchev–Trinajstić information content (AvgIpc) is 2.52. The maximum atomic E-state index is 11.2. The third kappa shape index (κ3) is 5.58. The number of nitrogens with zero attached hydrogens (tertiary/aromatic N) is 1. The second-order valence-corrected chi connectivity index (χ2v) is 7.17. The maximum absolute atomic E-state index is 11.2. The Morgan fingerprint density at radius 1 is 1.15 bits per heavy atom. The van der Waals surface area contributed by atoms with E-state index in [0.29, 0.717) is 37.1 Å². The molecule has 26 heavy (non-hydrogen) atoms. The van der Waals surface area contributed by atoms with Gasteiger partial charge in [0.1, 0.15) is 12.4 Å². The van der Waals surface area contributed by atoms with Gasteiger partial charge in [0.05, 0.1) is 27.0 Å². The standard InChI is InChI=1S/C18H14Br2N2O4/c1-10(23)22-14-3-12(8-21)2-13(4-14)9-26-18-15(19)5-11(6-16(18)20)7-17(24)25/h2-6H,7,9H2,1H3,(H,22,23)(H,24,25). The van der Waals surface area contributed by atoms with Crippen LogP contribution in [0, 0.1) is 11.3 Å². The van der Waals surface area contributed by atoms with Gasteiger partial charge < -0.3 is 15.2 Å². The van der Waals surface area contributed by atoms with Crippen LogP contribution in [0.5, 0.6) is 5.75 Å². The molecule has 2 aromatic rings. The number of carboxylic acids is 1. The first-order valence-electron chi connectivity index (χ1n) is 7.42. The molecule has 0 bridgehead atoms. The normalized spacial score (nSPS) is 10.1. The summed E-state index contributed by atoms with van der Waals surface area (Å²) in [5, 5.41) is 20.7. The molecule has 1 amide bonds. The Kier molecular flexibility index (Phi) is 6.77. The smallest absolute Gasteiger partial charge is 0.307 e. The van der Waals surface area contributed by atoms with E-state index in [1.165, 1.54) is 6.92 Å². The lowest BCUT2D eigenvalue weighted by Gasteiger charge is -2.13. The zero-order chi connectivity index (χ0) is 19.3. The van der Waals surface area contributed by atoms with Gasteiger partial charge in [-0.1, -0.05) is 0 Å². The van der Waals surface area contributed by atoms with Crippen LogP contribution in [0.1, 0.15) is 23.6 Å². The van der Waals surface area contributed by atoms with Crippen molar-refractivity contribution in [2.75, 3.05) is 5.32 Å². The van der Waals surface area contributed by atoms with E-state index in [1.807, 2.05) is 6.07 Å². The van der Waals surface area contributed by atoms with Gasteiger partial charge in [-0.3, -0.25) is 9.59 Å². The van der Waals surface area contributed by atoms with Crippen molar-refractivity contribution in [2.45, 2.75) is 20.0 Å². The van der Waals surface area contributed by atoms with E-state index in [9.17, 15) is 9.59 Å². The second kappa shape index (κ2) is 8.83. The number of ether oxygens (including phenoxy) is 1. The number of halogens is 2. The fraction of sp³-hybridized carbons (Fsp3) is 0.167. The summed E-state index contributed by atoms with van der Waals surface area (Å²) >= 11 is 6.76. The van der Waals surface area contributed by atoms with Crippen LogP contribution < -0.4 is 10.1 Å². The molecule has 0 aliphatic rings. The summed E-state index contributed by atoms with van der Waals surface area (Å²) in [6.45, 7) is 1.56. The van der Waals surface area contributed by atoms with E-state index in [2.05, 4.69) is 37.2 Å². The quantitative estimate of drug-likeness (QED) is 0.642. The molecule has 0 unspecified atom stereocenters. The highest BCUT2D eigenvalue weighted by molar-refractivity contribution is 9.11. The molecule has 0 saturated carbocycles. The SMILES string of the molecule is CC(=O)Nc1cc(C#N)cc(COc2c(Br)cc(CC(=O)O)cc2Br)c1. The van der Waals surface area contributed by atoms with E-state index in [-0.39, 0.29) is 18.9 Å². The Morgan fingerprint density at radius 3 is 2.35 bits per heavy atom. The van der Waals surface area contributed by atoms with E-state index in [0.717, 1.165) is 0 Å². The number of carbonyl (C=O) groups excluding carboxylic acids is 1. The highest BCUT2D eigenvalue weighted by atomic mass is 79.9. The predicted molar refractivity (Wildman–Crippen MR) is 103 cm³/mol. The third-order valence-corrected chi connectivity index (χ3v) is 4.42. The molecule has 0 atom stereocenters. The lowest BCUT2D eigenvalue weighted by atomic mass is 10.1. The van der Waals surface area contributed by atoms with Gasteiger partial charge in [0.2, 0.25) is 5.91 Å². The van der Waals surface area contributed by atoms with Crippen LogP contribution >= 0.6 is 31.9 Å². The van der Waals surface area contributed by atoms with Gasteiger partial charge >= 0.3 is 5.97 Å². The molecular weight excluding hydrogens is 468 g/mol. The van der Waals surface area contributed by atoms with Gasteiger partial charge in [0.15, 0.2) is 0 Å². The van der Waals surface area contributed by atoms with Crippen LogP contribution in [-0.4, -0.2) is 17.0 Å². The predicted octanol–water partition coefficient (Wildman–Crippen LogP) is 4.25. The van der Waals surface area contributed by atoms with Crippen LogP contribution in [-0.2, 0) is 22.6 Å². The van der Waals surface area contributed by atoms with Gasteiger partial charge in [-0.05, 0) is 73.3 Å². The molecule has 0 aliphatic carbocycles. The Hall–Kier alpha value is -2.37. The Balaban J connectivity index is 2.22. The molecule has 0 radical (unpaired) electrons. The fourth-order valence-electron chi connectivity index (χ4n) is 2.30. The molecule has 8 heteroatoms. The van der Waals surface area contributed by atoms with Crippen molar-refractivity contribution in [1.29, 1.82) is 5.26 Å². The minimum atomic E-state index is -0.920. The minimum Gasteiger partial charge on any atom is -0.487 e. The highest BCUT2D eigenvalue weighted by Gasteiger charge is 2.12. The summed E-state index contributed by atoms with van der Waals surface area (Å²) < 4.78 is 7.04. The van der Waals surface area contributed by atoms with Crippen molar-refractivity contribution < 1.29 is 19.4 Å². The highest BCUT2D eigenvalue weighted by Crippen LogP contribution is 2.35. The molecule has 0 saturated heterocycles. The Labute approximate surface area is 167 Å². The number of rotatable bonds is 6. The van der Waals surface area contributed by atoms with E-state index >= 15 is 0 Å². The van der Waals surface area contributed by atoms with Crippen molar-refractivity contribution >= 4 is 49.4 Å². The molecule has 2 N–H and O–H groups in total. The number of anilines is 1. The summed E-state index contributed by atoms with van der Waals surface area (Å²) in [4.78, 5) is 22.1. The van der Waals surface area contributed by atoms with E-state index < -0.39 is 5.97 Å². The minimum absolute atomic E-state index is 0.0955. The Morgan fingerprint density at radius 2 is 1.81 bits per heavy atom. The van der Waals surface area contributed by atoms with Crippen molar-refractivity contribution in [1.82, 2.24) is 0 Å². The third-order valence-electron chi connectivity index (χ3n) is 3.24. The summed E-state index contributed by atoms with van der Waals surface area (Å²) in [6.07, 6.45) is -0.0955.